The summed E-state index contributed by atoms with van der Waals surface area (Å²) in [6.07, 6.45) is 6.44. The van der Waals surface area contributed by atoms with Crippen LogP contribution in [0.5, 0.6) is 5.75 Å². The van der Waals surface area contributed by atoms with Crippen molar-refractivity contribution in [3.05, 3.63) is 54.6 Å². The summed E-state index contributed by atoms with van der Waals surface area (Å²) in [5, 5.41) is 3.26. The van der Waals surface area contributed by atoms with E-state index in [0.29, 0.717) is 16.4 Å². The number of hydrogen-bond acceptors (Lipinski definition) is 6. The van der Waals surface area contributed by atoms with E-state index >= 15 is 0 Å². The molecule has 0 spiro atoms. The monoisotopic (exact) mass is 312 g/mol. The third-order valence-electron chi connectivity index (χ3n) is 2.89. The lowest BCUT2D eigenvalue weighted by atomic mass is 10.2. The number of anilines is 1. The maximum atomic E-state index is 12.3. The Morgan fingerprint density at radius 2 is 2.09 bits per heavy atom. The zero-order chi connectivity index (χ0) is 15.4. The van der Waals surface area contributed by atoms with Crippen LogP contribution in [0, 0.1) is 0 Å². The second-order valence-corrected chi connectivity index (χ2v) is 5.31. The van der Waals surface area contributed by atoms with Gasteiger partial charge in [-0.1, -0.05) is 17.4 Å². The number of hydrogen-bond donors (Lipinski definition) is 1. The van der Waals surface area contributed by atoms with Crippen molar-refractivity contribution in [1.82, 2.24) is 15.0 Å². The molecule has 0 atom stereocenters. The van der Waals surface area contributed by atoms with E-state index in [-0.39, 0.29) is 5.91 Å². The van der Waals surface area contributed by atoms with Crippen LogP contribution in [0.25, 0.3) is 10.6 Å². The van der Waals surface area contributed by atoms with E-state index in [4.69, 9.17) is 4.74 Å². The van der Waals surface area contributed by atoms with E-state index in [1.165, 1.54) is 24.6 Å². The molecule has 0 aromatic carbocycles. The number of aromatic nitrogens is 3. The van der Waals surface area contributed by atoms with Crippen molar-refractivity contribution in [1.29, 1.82) is 0 Å². The van der Waals surface area contributed by atoms with Crippen molar-refractivity contribution in [3.63, 3.8) is 0 Å². The number of amides is 1. The Morgan fingerprint density at radius 1 is 1.18 bits per heavy atom. The molecule has 6 nitrogen and oxygen atoms in total. The normalized spacial score (nSPS) is 10.2. The molecular weight excluding hydrogens is 300 g/mol. The second kappa shape index (κ2) is 6.31. The number of nitrogens with one attached hydrogen (secondary N) is 1. The standard InChI is InChI=1S/C15H12N4O2S/c1-21-12-8-16-7-5-10(12)14(20)19-15-18-9-13(22-15)11-4-2-3-6-17-11/h2-9H,1H3,(H,18,19,20). The maximum absolute atomic E-state index is 12.3. The molecule has 0 aliphatic rings. The zero-order valence-electron chi connectivity index (χ0n) is 11.7. The van der Waals surface area contributed by atoms with Crippen LogP contribution in [-0.4, -0.2) is 28.0 Å². The number of thiazole rings is 1. The third kappa shape index (κ3) is 2.94. The maximum Gasteiger partial charge on any atom is 0.261 e. The van der Waals surface area contributed by atoms with Gasteiger partial charge in [0, 0.05) is 18.6 Å². The summed E-state index contributed by atoms with van der Waals surface area (Å²) in [7, 11) is 1.50. The van der Waals surface area contributed by atoms with Crippen LogP contribution in [0.2, 0.25) is 0 Å². The van der Waals surface area contributed by atoms with Crippen molar-refractivity contribution in [2.24, 2.45) is 0 Å². The van der Waals surface area contributed by atoms with E-state index in [1.807, 2.05) is 18.2 Å². The number of carbonyl (C=O) groups excluding carboxylic acids is 1. The lowest BCUT2D eigenvalue weighted by molar-refractivity contribution is 0.102. The van der Waals surface area contributed by atoms with Crippen molar-refractivity contribution in [3.8, 4) is 16.3 Å². The Labute approximate surface area is 130 Å². The Balaban J connectivity index is 1.79. The summed E-state index contributed by atoms with van der Waals surface area (Å²) in [5.41, 5.74) is 1.23. The molecule has 3 aromatic rings. The van der Waals surface area contributed by atoms with Gasteiger partial charge in [-0.25, -0.2) is 4.98 Å². The molecular formula is C15H12N4O2S. The number of carbonyl (C=O) groups is 1. The Bertz CT molecular complexity index is 789. The van der Waals surface area contributed by atoms with Crippen molar-refractivity contribution in [2.45, 2.75) is 0 Å². The van der Waals surface area contributed by atoms with Gasteiger partial charge in [0.2, 0.25) is 0 Å². The molecule has 0 saturated heterocycles. The van der Waals surface area contributed by atoms with E-state index in [9.17, 15) is 4.79 Å². The summed E-state index contributed by atoms with van der Waals surface area (Å²) in [4.78, 5) is 25.5. The zero-order valence-corrected chi connectivity index (χ0v) is 12.5. The first-order chi connectivity index (χ1) is 10.8. The van der Waals surface area contributed by atoms with Gasteiger partial charge in [0.25, 0.3) is 5.91 Å². The van der Waals surface area contributed by atoms with Crippen LogP contribution >= 0.6 is 11.3 Å². The predicted octanol–water partition coefficient (Wildman–Crippen LogP) is 2.86. The smallest absolute Gasteiger partial charge is 0.261 e. The predicted molar refractivity (Wildman–Crippen MR) is 84.1 cm³/mol. The Kier molecular flexibility index (Phi) is 4.06. The molecule has 22 heavy (non-hydrogen) atoms. The fourth-order valence-corrected chi connectivity index (χ4v) is 2.64. The largest absolute Gasteiger partial charge is 0.494 e. The minimum absolute atomic E-state index is 0.291. The van der Waals surface area contributed by atoms with Gasteiger partial charge in [-0.15, -0.1) is 0 Å². The SMILES string of the molecule is COc1cnccc1C(=O)Nc1ncc(-c2ccccn2)s1. The van der Waals surface area contributed by atoms with Crippen LogP contribution in [-0.2, 0) is 0 Å². The third-order valence-corrected chi connectivity index (χ3v) is 3.83. The van der Waals surface area contributed by atoms with Crippen LogP contribution in [0.4, 0.5) is 5.13 Å². The molecule has 0 radical (unpaired) electrons. The molecule has 1 amide bonds. The minimum Gasteiger partial charge on any atom is -0.494 e. The highest BCUT2D eigenvalue weighted by molar-refractivity contribution is 7.19. The lowest BCUT2D eigenvalue weighted by Gasteiger charge is -2.06. The molecule has 0 aliphatic carbocycles. The van der Waals surface area contributed by atoms with E-state index < -0.39 is 0 Å². The van der Waals surface area contributed by atoms with Crippen LogP contribution in [0.3, 0.4) is 0 Å². The first kappa shape index (κ1) is 14.2. The van der Waals surface area contributed by atoms with E-state index in [0.717, 1.165) is 10.6 Å². The Morgan fingerprint density at radius 3 is 2.86 bits per heavy atom. The van der Waals surface area contributed by atoms with E-state index in [1.54, 1.807) is 24.7 Å². The molecule has 0 aliphatic heterocycles. The van der Waals surface area contributed by atoms with Gasteiger partial charge in [-0.05, 0) is 18.2 Å². The summed E-state index contributed by atoms with van der Waals surface area (Å²) >= 11 is 1.36. The van der Waals surface area contributed by atoms with Crippen molar-refractivity contribution in [2.75, 3.05) is 12.4 Å². The number of pyridine rings is 2. The summed E-state index contributed by atoms with van der Waals surface area (Å²) in [6.45, 7) is 0. The molecule has 0 saturated carbocycles. The lowest BCUT2D eigenvalue weighted by Crippen LogP contribution is -2.13. The van der Waals surface area contributed by atoms with Crippen molar-refractivity contribution < 1.29 is 9.53 Å². The number of methoxy groups -OCH3 is 1. The molecule has 0 unspecified atom stereocenters. The quantitative estimate of drug-likeness (QED) is 0.801. The fraction of sp³-hybridized carbons (Fsp3) is 0.0667. The number of ether oxygens (including phenoxy) is 1. The molecule has 7 heteroatoms. The van der Waals surface area contributed by atoms with Crippen molar-refractivity contribution >= 4 is 22.4 Å². The molecule has 1 N–H and O–H groups in total. The summed E-state index contributed by atoms with van der Waals surface area (Å²) in [5.74, 6) is 0.127. The molecule has 110 valence electrons. The van der Waals surface area contributed by atoms with Gasteiger partial charge >= 0.3 is 0 Å². The average molecular weight is 312 g/mol. The summed E-state index contributed by atoms with van der Waals surface area (Å²) in [6, 6.07) is 7.25. The van der Waals surface area contributed by atoms with Crippen LogP contribution < -0.4 is 10.1 Å². The van der Waals surface area contributed by atoms with Crippen LogP contribution in [0.15, 0.2) is 49.1 Å². The molecule has 3 aromatic heterocycles. The molecule has 3 heterocycles. The highest BCUT2D eigenvalue weighted by Crippen LogP contribution is 2.28. The first-order valence-corrected chi connectivity index (χ1v) is 7.26. The summed E-state index contributed by atoms with van der Waals surface area (Å²) < 4.78 is 5.13. The Hall–Kier alpha value is -2.80. The number of rotatable bonds is 4. The molecule has 0 bridgehead atoms. The van der Waals surface area contributed by atoms with Gasteiger partial charge in [-0.3, -0.25) is 20.1 Å². The fourth-order valence-electron chi connectivity index (χ4n) is 1.85. The van der Waals surface area contributed by atoms with Crippen LogP contribution in [0.1, 0.15) is 10.4 Å². The topological polar surface area (TPSA) is 77.0 Å². The second-order valence-electron chi connectivity index (χ2n) is 4.27. The molecule has 0 fully saturated rings. The highest BCUT2D eigenvalue weighted by Gasteiger charge is 2.14. The first-order valence-electron chi connectivity index (χ1n) is 6.44. The van der Waals surface area contributed by atoms with Gasteiger partial charge in [0.05, 0.1) is 29.4 Å². The number of nitrogens with zero attached hydrogens (tertiary/aromatic N) is 3. The minimum atomic E-state index is -0.291. The highest BCUT2D eigenvalue weighted by atomic mass is 32.1. The van der Waals surface area contributed by atoms with Gasteiger partial charge in [-0.2, -0.15) is 0 Å². The van der Waals surface area contributed by atoms with Gasteiger partial charge in [0.1, 0.15) is 5.75 Å². The average Bonchev–Trinajstić information content (AvgIpc) is 3.04. The van der Waals surface area contributed by atoms with Gasteiger partial charge < -0.3 is 4.74 Å². The van der Waals surface area contributed by atoms with Gasteiger partial charge in [0.15, 0.2) is 5.13 Å². The van der Waals surface area contributed by atoms with E-state index in [2.05, 4.69) is 20.3 Å². The molecule has 3 rings (SSSR count).